The molecule has 0 bridgehead atoms. The van der Waals surface area contributed by atoms with Crippen LogP contribution in [0.15, 0.2) is 24.4 Å². The first kappa shape index (κ1) is 13.9. The fourth-order valence-electron chi connectivity index (χ4n) is 2.73. The van der Waals surface area contributed by atoms with Gasteiger partial charge in [0, 0.05) is 36.1 Å². The molecule has 0 unspecified atom stereocenters. The van der Waals surface area contributed by atoms with Crippen molar-refractivity contribution in [2.45, 2.75) is 43.3 Å². The third kappa shape index (κ3) is 3.99. The van der Waals surface area contributed by atoms with Gasteiger partial charge in [-0.05, 0) is 31.2 Å². The predicted octanol–water partition coefficient (Wildman–Crippen LogP) is 3.28. The van der Waals surface area contributed by atoms with Gasteiger partial charge >= 0.3 is 0 Å². The Labute approximate surface area is 115 Å². The van der Waals surface area contributed by atoms with E-state index >= 15 is 0 Å². The summed E-state index contributed by atoms with van der Waals surface area (Å²) in [4.78, 5) is 4.36. The molecule has 0 aliphatic heterocycles. The number of pyridine rings is 1. The van der Waals surface area contributed by atoms with Crippen molar-refractivity contribution in [1.82, 2.24) is 10.3 Å². The molecule has 18 heavy (non-hydrogen) atoms. The van der Waals surface area contributed by atoms with Crippen molar-refractivity contribution in [2.75, 3.05) is 19.3 Å². The number of nitrogens with zero attached hydrogens (tertiary/aromatic N) is 1. The third-order valence-electron chi connectivity index (χ3n) is 3.93. The monoisotopic (exact) mass is 264 g/mol. The largest absolute Gasteiger partial charge is 0.315 e. The maximum Gasteiger partial charge on any atom is 0.0416 e. The minimum absolute atomic E-state index is 0.502. The zero-order chi connectivity index (χ0) is 12.7. The van der Waals surface area contributed by atoms with Crippen molar-refractivity contribution in [2.24, 2.45) is 0 Å². The van der Waals surface area contributed by atoms with Gasteiger partial charge in [-0.1, -0.05) is 25.3 Å². The molecule has 0 atom stereocenters. The molecule has 0 radical (unpaired) electrons. The molecule has 100 valence electrons. The average Bonchev–Trinajstić information content (AvgIpc) is 2.46. The second-order valence-corrected chi connectivity index (χ2v) is 6.47. The first-order chi connectivity index (χ1) is 8.85. The summed E-state index contributed by atoms with van der Waals surface area (Å²) in [6, 6.07) is 6.14. The maximum atomic E-state index is 4.36. The topological polar surface area (TPSA) is 24.9 Å². The molecule has 0 aromatic carbocycles. The summed E-state index contributed by atoms with van der Waals surface area (Å²) >= 11 is 2.06. The van der Waals surface area contributed by atoms with E-state index < -0.39 is 0 Å². The van der Waals surface area contributed by atoms with E-state index in [1.807, 2.05) is 12.3 Å². The summed E-state index contributed by atoms with van der Waals surface area (Å²) in [5.74, 6) is 0. The number of rotatable bonds is 6. The lowest BCUT2D eigenvalue weighted by atomic mass is 9.88. The Kier molecular flexibility index (Phi) is 5.51. The van der Waals surface area contributed by atoms with Gasteiger partial charge in [0.05, 0.1) is 0 Å². The van der Waals surface area contributed by atoms with Crippen LogP contribution in [0.4, 0.5) is 0 Å². The van der Waals surface area contributed by atoms with Gasteiger partial charge < -0.3 is 5.32 Å². The Bertz CT molecular complexity index is 334. The van der Waals surface area contributed by atoms with Crippen LogP contribution in [0, 0.1) is 0 Å². The van der Waals surface area contributed by atoms with Gasteiger partial charge in [-0.15, -0.1) is 0 Å². The predicted molar refractivity (Wildman–Crippen MR) is 80.1 cm³/mol. The van der Waals surface area contributed by atoms with Gasteiger partial charge in [-0.25, -0.2) is 0 Å². The zero-order valence-corrected chi connectivity index (χ0v) is 12.1. The molecular formula is C15H24N2S. The number of aromatic nitrogens is 1. The molecule has 0 amide bonds. The minimum atomic E-state index is 0.502. The Morgan fingerprint density at radius 3 is 2.78 bits per heavy atom. The van der Waals surface area contributed by atoms with Gasteiger partial charge in [0.2, 0.25) is 0 Å². The molecule has 1 aliphatic rings. The van der Waals surface area contributed by atoms with Crippen molar-refractivity contribution in [3.8, 4) is 0 Å². The van der Waals surface area contributed by atoms with E-state index in [2.05, 4.69) is 40.5 Å². The Morgan fingerprint density at radius 1 is 1.28 bits per heavy atom. The number of hydrogen-bond acceptors (Lipinski definition) is 3. The van der Waals surface area contributed by atoms with E-state index in [1.54, 1.807) is 0 Å². The highest BCUT2D eigenvalue weighted by molar-refractivity contribution is 8.00. The highest BCUT2D eigenvalue weighted by Crippen LogP contribution is 2.37. The first-order valence-corrected chi connectivity index (χ1v) is 8.23. The summed E-state index contributed by atoms with van der Waals surface area (Å²) in [6.45, 7) is 2.19. The fraction of sp³-hybridized carbons (Fsp3) is 0.667. The summed E-state index contributed by atoms with van der Waals surface area (Å²) in [7, 11) is 0. The smallest absolute Gasteiger partial charge is 0.0416 e. The van der Waals surface area contributed by atoms with Crippen LogP contribution in [0.5, 0.6) is 0 Å². The Balaban J connectivity index is 1.71. The lowest BCUT2D eigenvalue weighted by Gasteiger charge is -2.36. The van der Waals surface area contributed by atoms with E-state index in [0.717, 1.165) is 19.5 Å². The van der Waals surface area contributed by atoms with E-state index in [4.69, 9.17) is 0 Å². The quantitative estimate of drug-likeness (QED) is 0.798. The van der Waals surface area contributed by atoms with Crippen molar-refractivity contribution < 1.29 is 0 Å². The molecule has 1 aromatic heterocycles. The molecular weight excluding hydrogens is 240 g/mol. The second-order valence-electron chi connectivity index (χ2n) is 5.20. The molecule has 1 aromatic rings. The summed E-state index contributed by atoms with van der Waals surface area (Å²) in [6.07, 6.45) is 12.2. The second kappa shape index (κ2) is 7.15. The van der Waals surface area contributed by atoms with E-state index in [-0.39, 0.29) is 0 Å². The van der Waals surface area contributed by atoms with Crippen LogP contribution in [0.3, 0.4) is 0 Å². The molecule has 0 spiro atoms. The highest BCUT2D eigenvalue weighted by atomic mass is 32.2. The molecule has 1 N–H and O–H groups in total. The molecule has 1 fully saturated rings. The van der Waals surface area contributed by atoms with Crippen LogP contribution in [0.1, 0.15) is 37.8 Å². The Morgan fingerprint density at radius 2 is 2.11 bits per heavy atom. The van der Waals surface area contributed by atoms with Gasteiger partial charge in [-0.2, -0.15) is 11.8 Å². The molecule has 0 saturated heterocycles. The summed E-state index contributed by atoms with van der Waals surface area (Å²) in [5.41, 5.74) is 1.19. The molecule has 1 aliphatic carbocycles. The van der Waals surface area contributed by atoms with Crippen LogP contribution in [-0.4, -0.2) is 29.1 Å². The van der Waals surface area contributed by atoms with Crippen LogP contribution < -0.4 is 5.32 Å². The standard InChI is InChI=1S/C15H24N2S/c1-18-15(9-4-2-5-10-15)13-16-12-8-14-7-3-6-11-17-14/h3,6-7,11,16H,2,4-5,8-10,12-13H2,1H3. The van der Waals surface area contributed by atoms with Crippen LogP contribution in [0.25, 0.3) is 0 Å². The summed E-state index contributed by atoms with van der Waals surface area (Å²) in [5, 5.41) is 3.63. The SMILES string of the molecule is CSC1(CNCCc2ccccn2)CCCCC1. The number of nitrogens with one attached hydrogen (secondary N) is 1. The van der Waals surface area contributed by atoms with Crippen molar-refractivity contribution in [3.05, 3.63) is 30.1 Å². The minimum Gasteiger partial charge on any atom is -0.315 e. The van der Waals surface area contributed by atoms with Crippen molar-refractivity contribution in [3.63, 3.8) is 0 Å². The summed E-state index contributed by atoms with van der Waals surface area (Å²) < 4.78 is 0.502. The van der Waals surface area contributed by atoms with Gasteiger partial charge in [0.15, 0.2) is 0 Å². The van der Waals surface area contributed by atoms with Gasteiger partial charge in [-0.3, -0.25) is 4.98 Å². The normalized spacial score (nSPS) is 18.7. The number of hydrogen-bond donors (Lipinski definition) is 1. The third-order valence-corrected chi connectivity index (χ3v) is 5.35. The molecule has 1 saturated carbocycles. The maximum absolute atomic E-state index is 4.36. The zero-order valence-electron chi connectivity index (χ0n) is 11.3. The lowest BCUT2D eigenvalue weighted by Crippen LogP contribution is -2.40. The van der Waals surface area contributed by atoms with Gasteiger partial charge in [0.1, 0.15) is 0 Å². The van der Waals surface area contributed by atoms with E-state index in [1.165, 1.54) is 37.8 Å². The van der Waals surface area contributed by atoms with Gasteiger partial charge in [0.25, 0.3) is 0 Å². The highest BCUT2D eigenvalue weighted by Gasteiger charge is 2.30. The van der Waals surface area contributed by atoms with Crippen molar-refractivity contribution >= 4 is 11.8 Å². The molecule has 1 heterocycles. The Hall–Kier alpha value is -0.540. The van der Waals surface area contributed by atoms with Crippen LogP contribution in [-0.2, 0) is 6.42 Å². The molecule has 3 heteroatoms. The van der Waals surface area contributed by atoms with Crippen LogP contribution in [0.2, 0.25) is 0 Å². The average molecular weight is 264 g/mol. The lowest BCUT2D eigenvalue weighted by molar-refractivity contribution is 0.380. The number of thioether (sulfide) groups is 1. The molecule has 2 nitrogen and oxygen atoms in total. The molecule has 2 rings (SSSR count). The van der Waals surface area contributed by atoms with Crippen molar-refractivity contribution in [1.29, 1.82) is 0 Å². The fourth-order valence-corrected chi connectivity index (χ4v) is 3.67. The first-order valence-electron chi connectivity index (χ1n) is 7.00. The van der Waals surface area contributed by atoms with Crippen LogP contribution >= 0.6 is 11.8 Å². The van der Waals surface area contributed by atoms with E-state index in [9.17, 15) is 0 Å². The van der Waals surface area contributed by atoms with E-state index in [0.29, 0.717) is 4.75 Å².